The van der Waals surface area contributed by atoms with E-state index in [1.54, 1.807) is 0 Å². The van der Waals surface area contributed by atoms with Crippen molar-refractivity contribution in [1.82, 2.24) is 0 Å². The minimum Gasteiger partial charge on any atom is -0.0622 e. The number of rotatable bonds is 7. The summed E-state index contributed by atoms with van der Waals surface area (Å²) in [5.41, 5.74) is 7.49. The van der Waals surface area contributed by atoms with Gasteiger partial charge in [0.15, 0.2) is 0 Å². The molecular formula is C42H38P2. The second-order valence-corrected chi connectivity index (χ2v) is 16.0. The zero-order chi connectivity index (χ0) is 29.7. The Balaban J connectivity index is 1.35. The van der Waals surface area contributed by atoms with Gasteiger partial charge in [0, 0.05) is 0 Å². The largest absolute Gasteiger partial charge is 0.0622 e. The topological polar surface area (TPSA) is 0 Å². The highest BCUT2D eigenvalue weighted by atomic mass is 31.1. The third-order valence-corrected chi connectivity index (χ3v) is 13.9. The Morgan fingerprint density at radius 3 is 1.32 bits per heavy atom. The normalized spacial score (nSPS) is 12.8. The summed E-state index contributed by atoms with van der Waals surface area (Å²) >= 11 is 0. The minimum atomic E-state index is -0.647. The van der Waals surface area contributed by atoms with Gasteiger partial charge < -0.3 is 0 Å². The number of hydrogen-bond donors (Lipinski definition) is 0. The van der Waals surface area contributed by atoms with E-state index in [0.717, 1.165) is 32.1 Å². The maximum atomic E-state index is 2.62. The van der Waals surface area contributed by atoms with Crippen LogP contribution < -0.4 is 31.8 Å². The van der Waals surface area contributed by atoms with E-state index >= 15 is 0 Å². The molecule has 0 fully saturated rings. The lowest BCUT2D eigenvalue weighted by Crippen LogP contribution is -2.26. The van der Waals surface area contributed by atoms with Gasteiger partial charge in [0.25, 0.3) is 0 Å². The SMILES string of the molecule is CCc1cc2c(P(c3ccccc3)c3ccccc3)cc1CCc1ccc(cc1P(c1ccccc1)c1ccccc1)CC2. The Morgan fingerprint density at radius 1 is 0.409 bits per heavy atom. The molecule has 0 N–H and O–H groups in total. The van der Waals surface area contributed by atoms with Crippen LogP contribution in [-0.4, -0.2) is 0 Å². The molecule has 0 amide bonds. The van der Waals surface area contributed by atoms with Crippen molar-refractivity contribution < 1.29 is 0 Å². The first-order valence-corrected chi connectivity index (χ1v) is 18.5. The van der Waals surface area contributed by atoms with E-state index in [1.165, 1.54) is 59.6 Å². The van der Waals surface area contributed by atoms with E-state index in [0.29, 0.717) is 0 Å². The molecule has 0 radical (unpaired) electrons. The summed E-state index contributed by atoms with van der Waals surface area (Å²) in [4.78, 5) is 0. The highest BCUT2D eigenvalue weighted by Crippen LogP contribution is 2.38. The molecule has 44 heavy (non-hydrogen) atoms. The van der Waals surface area contributed by atoms with Gasteiger partial charge in [-0.2, -0.15) is 0 Å². The Hall–Kier alpha value is -3.82. The number of hydrogen-bond acceptors (Lipinski definition) is 0. The van der Waals surface area contributed by atoms with Gasteiger partial charge >= 0.3 is 0 Å². The fourth-order valence-corrected chi connectivity index (χ4v) is 11.7. The highest BCUT2D eigenvalue weighted by Gasteiger charge is 2.24. The molecule has 0 unspecified atom stereocenters. The second kappa shape index (κ2) is 13.4. The molecule has 0 saturated carbocycles. The van der Waals surface area contributed by atoms with Crippen molar-refractivity contribution in [2.45, 2.75) is 39.0 Å². The van der Waals surface area contributed by atoms with Gasteiger partial charge in [-0.25, -0.2) is 0 Å². The van der Waals surface area contributed by atoms with Crippen LogP contribution in [-0.2, 0) is 32.1 Å². The smallest absolute Gasteiger partial charge is 0.0116 e. The van der Waals surface area contributed by atoms with E-state index in [2.05, 4.69) is 159 Å². The lowest BCUT2D eigenvalue weighted by Gasteiger charge is -2.27. The lowest BCUT2D eigenvalue weighted by atomic mass is 9.92. The first-order valence-electron chi connectivity index (χ1n) is 15.9. The fraction of sp³-hybridized carbons (Fsp3) is 0.143. The summed E-state index contributed by atoms with van der Waals surface area (Å²) in [5, 5.41) is 8.78. The Kier molecular flexibility index (Phi) is 8.84. The van der Waals surface area contributed by atoms with E-state index in [1.807, 2.05) is 0 Å². The molecule has 4 bridgehead atoms. The first-order chi connectivity index (χ1) is 21.8. The average molecular weight is 605 g/mol. The highest BCUT2D eigenvalue weighted by molar-refractivity contribution is 7.80. The Morgan fingerprint density at radius 2 is 0.841 bits per heavy atom. The molecule has 4 aliphatic rings. The molecule has 0 saturated heterocycles. The molecular weight excluding hydrogens is 566 g/mol. The number of aryl methyl sites for hydroxylation is 5. The predicted octanol–water partition coefficient (Wildman–Crippen LogP) is 7.65. The lowest BCUT2D eigenvalue weighted by molar-refractivity contribution is 0.908. The van der Waals surface area contributed by atoms with Crippen LogP contribution in [0.25, 0.3) is 0 Å². The van der Waals surface area contributed by atoms with E-state index < -0.39 is 15.8 Å². The van der Waals surface area contributed by atoms with Gasteiger partial charge in [-0.15, -0.1) is 0 Å². The van der Waals surface area contributed by atoms with Crippen LogP contribution in [0.5, 0.6) is 0 Å². The summed E-state index contributed by atoms with van der Waals surface area (Å²) < 4.78 is 0. The molecule has 2 heteroatoms. The minimum absolute atomic E-state index is 0.641. The van der Waals surface area contributed by atoms with Crippen LogP contribution in [0.2, 0.25) is 0 Å². The summed E-state index contributed by atoms with van der Waals surface area (Å²) in [7, 11) is -1.29. The molecule has 0 aromatic heterocycles. The summed E-state index contributed by atoms with van der Waals surface area (Å²) in [6, 6.07) is 57.4. The molecule has 6 aromatic carbocycles. The van der Waals surface area contributed by atoms with Gasteiger partial charge in [-0.1, -0.05) is 159 Å². The summed E-state index contributed by atoms with van der Waals surface area (Å²) in [5.74, 6) is 0. The first kappa shape index (κ1) is 28.9. The van der Waals surface area contributed by atoms with Crippen molar-refractivity contribution in [2.24, 2.45) is 0 Å². The van der Waals surface area contributed by atoms with Crippen molar-refractivity contribution in [1.29, 1.82) is 0 Å². The standard InChI is InChI=1S/C42H38P2/c1-2-33-30-36-26-24-32-23-25-34(41(29-32)43(37-15-7-3-8-16-37)38-17-9-4-10-18-38)27-28-35(33)31-42(36)44(39-19-11-5-12-20-39)40-21-13-6-14-22-40/h3-23,25,29-31H,2,24,26-28H2,1H3. The second-order valence-electron chi connectivity index (χ2n) is 11.6. The molecule has 6 aromatic rings. The van der Waals surface area contributed by atoms with Gasteiger partial charge in [0.2, 0.25) is 0 Å². The van der Waals surface area contributed by atoms with Crippen molar-refractivity contribution in [2.75, 3.05) is 0 Å². The van der Waals surface area contributed by atoms with Gasteiger partial charge in [-0.3, -0.25) is 0 Å². The maximum absolute atomic E-state index is 2.62. The molecule has 0 heterocycles. The van der Waals surface area contributed by atoms with E-state index in [4.69, 9.17) is 0 Å². The maximum Gasteiger partial charge on any atom is -0.0116 e. The third-order valence-electron chi connectivity index (χ3n) is 8.82. The van der Waals surface area contributed by atoms with Crippen molar-refractivity contribution in [3.63, 3.8) is 0 Å². The fourth-order valence-electron chi connectivity index (χ4n) is 6.59. The number of benzene rings is 6. The van der Waals surface area contributed by atoms with Crippen molar-refractivity contribution in [3.05, 3.63) is 179 Å². The zero-order valence-electron chi connectivity index (χ0n) is 25.4. The van der Waals surface area contributed by atoms with Gasteiger partial charge in [-0.05, 0) is 108 Å². The Bertz CT molecular complexity index is 1750. The molecule has 0 aliphatic heterocycles. The molecule has 0 atom stereocenters. The monoisotopic (exact) mass is 604 g/mol. The molecule has 216 valence electrons. The van der Waals surface area contributed by atoms with Gasteiger partial charge in [0.05, 0.1) is 0 Å². The summed E-state index contributed by atoms with van der Waals surface area (Å²) in [6.07, 6.45) is 5.27. The molecule has 10 rings (SSSR count). The zero-order valence-corrected chi connectivity index (χ0v) is 27.2. The van der Waals surface area contributed by atoms with Gasteiger partial charge in [0.1, 0.15) is 0 Å². The van der Waals surface area contributed by atoms with Crippen molar-refractivity contribution in [3.8, 4) is 0 Å². The van der Waals surface area contributed by atoms with Crippen LogP contribution in [0, 0.1) is 0 Å². The van der Waals surface area contributed by atoms with Crippen LogP contribution in [0.4, 0.5) is 0 Å². The quantitative estimate of drug-likeness (QED) is 0.164. The van der Waals surface area contributed by atoms with E-state index in [-0.39, 0.29) is 0 Å². The van der Waals surface area contributed by atoms with Crippen LogP contribution >= 0.6 is 15.8 Å². The molecule has 4 aliphatic carbocycles. The molecule has 0 spiro atoms. The Labute approximate surface area is 265 Å². The molecule has 0 nitrogen and oxygen atoms in total. The third kappa shape index (κ3) is 6.08. The summed E-state index contributed by atoms with van der Waals surface area (Å²) in [6.45, 7) is 2.33. The average Bonchev–Trinajstić information content (AvgIpc) is 3.08. The van der Waals surface area contributed by atoms with Crippen molar-refractivity contribution >= 4 is 47.7 Å². The van der Waals surface area contributed by atoms with Crippen LogP contribution in [0.15, 0.2) is 152 Å². The van der Waals surface area contributed by atoms with Crippen LogP contribution in [0.1, 0.15) is 34.7 Å². The van der Waals surface area contributed by atoms with Crippen LogP contribution in [0.3, 0.4) is 0 Å². The van der Waals surface area contributed by atoms with E-state index in [9.17, 15) is 0 Å². The predicted molar refractivity (Wildman–Crippen MR) is 194 cm³/mol.